The second kappa shape index (κ2) is 7.55. The summed E-state index contributed by atoms with van der Waals surface area (Å²) in [6.07, 6.45) is -0.499. The van der Waals surface area contributed by atoms with Crippen LogP contribution in [0, 0.1) is 0 Å². The van der Waals surface area contributed by atoms with Crippen molar-refractivity contribution in [2.45, 2.75) is 13.1 Å². The first-order valence-corrected chi connectivity index (χ1v) is 7.97. The van der Waals surface area contributed by atoms with Crippen LogP contribution in [0.5, 0.6) is 0 Å². The van der Waals surface area contributed by atoms with Crippen LogP contribution in [0.15, 0.2) is 44.8 Å². The summed E-state index contributed by atoms with van der Waals surface area (Å²) in [5.41, 5.74) is -0.894. The Morgan fingerprint density at radius 3 is 2.57 bits per heavy atom. The highest BCUT2D eigenvalue weighted by Crippen LogP contribution is 2.22. The van der Waals surface area contributed by atoms with Crippen LogP contribution >= 0.6 is 27.3 Å². The maximum atomic E-state index is 12.8. The van der Waals surface area contributed by atoms with Crippen molar-refractivity contribution >= 4 is 33.4 Å². The molecule has 0 atom stereocenters. The smallest absolute Gasteiger partial charge is 0.404 e. The Morgan fingerprint density at radius 2 is 2.00 bits per heavy atom. The molecule has 0 saturated carbocycles. The summed E-state index contributed by atoms with van der Waals surface area (Å²) in [6, 6.07) is 3.72. The molecule has 0 saturated heterocycles. The van der Waals surface area contributed by atoms with Gasteiger partial charge >= 0.3 is 11.8 Å². The van der Waals surface area contributed by atoms with E-state index < -0.39 is 30.0 Å². The van der Waals surface area contributed by atoms with Gasteiger partial charge < -0.3 is 10.4 Å². The highest BCUT2D eigenvalue weighted by Gasteiger charge is 2.12. The Labute approximate surface area is 141 Å². The summed E-state index contributed by atoms with van der Waals surface area (Å²) >= 11 is 4.80. The van der Waals surface area contributed by atoms with Crippen LogP contribution in [-0.4, -0.2) is 26.9 Å². The molecule has 0 bridgehead atoms. The van der Waals surface area contributed by atoms with E-state index in [1.807, 2.05) is 17.4 Å². The number of aromatic nitrogens is 2. The van der Waals surface area contributed by atoms with Crippen LogP contribution in [0.2, 0.25) is 0 Å². The second-order valence-corrected chi connectivity index (χ2v) is 7.11. The van der Waals surface area contributed by atoms with Gasteiger partial charge in [0, 0.05) is 29.4 Å². The lowest BCUT2D eigenvalue weighted by molar-refractivity contribution is 0.195. The van der Waals surface area contributed by atoms with Crippen molar-refractivity contribution in [1.82, 2.24) is 14.5 Å². The fourth-order valence-corrected chi connectivity index (χ4v) is 3.35. The zero-order valence-corrected chi connectivity index (χ0v) is 14.0. The Hall–Kier alpha value is -1.94. The number of halogens is 3. The van der Waals surface area contributed by atoms with Gasteiger partial charge in [0.15, 0.2) is 0 Å². The molecule has 0 aromatic carbocycles. The first kappa shape index (κ1) is 17.4. The minimum absolute atomic E-state index is 0.340. The van der Waals surface area contributed by atoms with E-state index in [1.54, 1.807) is 0 Å². The van der Waals surface area contributed by atoms with E-state index in [4.69, 9.17) is 5.11 Å². The van der Waals surface area contributed by atoms with E-state index in [0.717, 1.165) is 13.2 Å². The zero-order valence-electron chi connectivity index (χ0n) is 11.6. The molecule has 0 fully saturated rings. The summed E-state index contributed by atoms with van der Waals surface area (Å²) in [6.45, 7) is -0.567. The maximum absolute atomic E-state index is 12.8. The van der Waals surface area contributed by atoms with Gasteiger partial charge in [-0.05, 0) is 28.1 Å². The highest BCUT2D eigenvalue weighted by molar-refractivity contribution is 9.11. The van der Waals surface area contributed by atoms with E-state index in [9.17, 15) is 18.4 Å². The van der Waals surface area contributed by atoms with Crippen LogP contribution in [0.25, 0.3) is 0 Å². The first-order valence-electron chi connectivity index (χ1n) is 6.36. The average Bonchev–Trinajstić information content (AvgIpc) is 3.03. The predicted molar refractivity (Wildman–Crippen MR) is 85.1 cm³/mol. The number of amides is 1. The molecule has 2 aromatic heterocycles. The van der Waals surface area contributed by atoms with Crippen LogP contribution in [0.1, 0.15) is 4.88 Å². The van der Waals surface area contributed by atoms with Gasteiger partial charge in [-0.2, -0.15) is 8.78 Å². The van der Waals surface area contributed by atoms with Gasteiger partial charge in [-0.3, -0.25) is 9.13 Å². The zero-order chi connectivity index (χ0) is 17.0. The van der Waals surface area contributed by atoms with E-state index in [1.165, 1.54) is 28.3 Å². The van der Waals surface area contributed by atoms with Gasteiger partial charge in [-0.15, -0.1) is 11.3 Å². The molecule has 0 aliphatic rings. The molecule has 10 heteroatoms. The monoisotopic (exact) mass is 407 g/mol. The number of nitrogens with zero attached hydrogens (tertiary/aromatic N) is 2. The van der Waals surface area contributed by atoms with Crippen molar-refractivity contribution in [2.24, 2.45) is 0 Å². The van der Waals surface area contributed by atoms with Gasteiger partial charge in [-0.25, -0.2) is 9.59 Å². The Bertz CT molecular complexity index is 792. The number of carbonyl (C=O) groups is 1. The largest absolute Gasteiger partial charge is 0.465 e. The normalized spacial score (nSPS) is 10.6. The molecule has 0 unspecified atom stereocenters. The molecular formula is C13H12BrF2N3O3S. The lowest BCUT2D eigenvalue weighted by atomic mass is 10.3. The van der Waals surface area contributed by atoms with E-state index >= 15 is 0 Å². The van der Waals surface area contributed by atoms with Crippen LogP contribution in [0.3, 0.4) is 0 Å². The van der Waals surface area contributed by atoms with Gasteiger partial charge in [0.1, 0.15) is 0 Å². The summed E-state index contributed by atoms with van der Waals surface area (Å²) in [5.74, 6) is 0. The number of thiophene rings is 1. The molecule has 2 heterocycles. The standard InChI is InChI=1S/C13H12BrF2N3O3S/c14-10-2-1-9(23-10)7-19-4-3-18(13(19)22)6-8(11(15)16)5-17-12(20)21/h1-4,17H,5-7H2,(H,20,21). The maximum Gasteiger partial charge on any atom is 0.404 e. The van der Waals surface area contributed by atoms with Gasteiger partial charge in [0.2, 0.25) is 0 Å². The minimum Gasteiger partial charge on any atom is -0.465 e. The average molecular weight is 408 g/mol. The first-order chi connectivity index (χ1) is 10.9. The molecule has 6 nitrogen and oxygen atoms in total. The molecule has 1 amide bonds. The van der Waals surface area contributed by atoms with Crippen molar-refractivity contribution in [1.29, 1.82) is 0 Å². The minimum atomic E-state index is -2.00. The fourth-order valence-electron chi connectivity index (χ4n) is 1.87. The number of imidazole rings is 1. The molecule has 0 aliphatic carbocycles. The van der Waals surface area contributed by atoms with E-state index in [0.29, 0.717) is 6.54 Å². The number of hydrogen-bond acceptors (Lipinski definition) is 3. The molecule has 2 N–H and O–H groups in total. The van der Waals surface area contributed by atoms with Crippen molar-refractivity contribution in [3.8, 4) is 0 Å². The Morgan fingerprint density at radius 1 is 1.30 bits per heavy atom. The van der Waals surface area contributed by atoms with Crippen LogP contribution < -0.4 is 11.0 Å². The van der Waals surface area contributed by atoms with Gasteiger partial charge in [-0.1, -0.05) is 0 Å². The predicted octanol–water partition coefficient (Wildman–Crippen LogP) is 2.94. The second-order valence-electron chi connectivity index (χ2n) is 4.57. The van der Waals surface area contributed by atoms with Crippen LogP contribution in [-0.2, 0) is 13.1 Å². The quantitative estimate of drug-likeness (QED) is 0.772. The highest BCUT2D eigenvalue weighted by atomic mass is 79.9. The molecule has 124 valence electrons. The molecule has 2 rings (SSSR count). The Balaban J connectivity index is 2.13. The third-order valence-corrected chi connectivity index (χ3v) is 4.56. The Kier molecular flexibility index (Phi) is 5.72. The third-order valence-electron chi connectivity index (χ3n) is 2.95. The molecule has 23 heavy (non-hydrogen) atoms. The van der Waals surface area contributed by atoms with Crippen molar-refractivity contribution in [3.05, 3.63) is 55.3 Å². The van der Waals surface area contributed by atoms with Crippen molar-refractivity contribution in [2.75, 3.05) is 6.54 Å². The number of hydrogen-bond donors (Lipinski definition) is 2. The summed E-state index contributed by atoms with van der Waals surface area (Å²) < 4.78 is 29.1. The van der Waals surface area contributed by atoms with Crippen molar-refractivity contribution in [3.63, 3.8) is 0 Å². The van der Waals surface area contributed by atoms with Gasteiger partial charge in [0.05, 0.1) is 16.9 Å². The third kappa shape index (κ3) is 4.76. The summed E-state index contributed by atoms with van der Waals surface area (Å²) in [4.78, 5) is 23.5. The molecule has 0 aliphatic heterocycles. The van der Waals surface area contributed by atoms with Gasteiger partial charge in [0.25, 0.3) is 6.08 Å². The summed E-state index contributed by atoms with van der Waals surface area (Å²) in [7, 11) is 0. The van der Waals surface area contributed by atoms with E-state index in [-0.39, 0.29) is 6.54 Å². The lowest BCUT2D eigenvalue weighted by Gasteiger charge is -2.07. The number of rotatable bonds is 6. The van der Waals surface area contributed by atoms with Crippen molar-refractivity contribution < 1.29 is 18.7 Å². The number of carboxylic acid groups (broad SMARTS) is 1. The lowest BCUT2D eigenvalue weighted by Crippen LogP contribution is -2.29. The molecule has 0 spiro atoms. The summed E-state index contributed by atoms with van der Waals surface area (Å²) in [5, 5.41) is 10.4. The van der Waals surface area contributed by atoms with Crippen LogP contribution in [0.4, 0.5) is 13.6 Å². The molecule has 2 aromatic rings. The SMILES string of the molecule is O=C(O)NCC(Cn1ccn(Cc2ccc(Br)s2)c1=O)=C(F)F. The molecular weight excluding hydrogens is 396 g/mol. The molecule has 0 radical (unpaired) electrons. The number of nitrogens with one attached hydrogen (secondary N) is 1. The van der Waals surface area contributed by atoms with E-state index in [2.05, 4.69) is 15.9 Å². The fraction of sp³-hybridized carbons (Fsp3) is 0.231. The topological polar surface area (TPSA) is 76.3 Å².